The highest BCUT2D eigenvalue weighted by Gasteiger charge is 2.09. The van der Waals surface area contributed by atoms with E-state index in [-0.39, 0.29) is 18.0 Å². The quantitative estimate of drug-likeness (QED) is 0.734. The summed E-state index contributed by atoms with van der Waals surface area (Å²) in [6, 6.07) is 12.5. The van der Waals surface area contributed by atoms with Crippen LogP contribution in [0.25, 0.3) is 5.69 Å². The summed E-state index contributed by atoms with van der Waals surface area (Å²) in [7, 11) is 0. The summed E-state index contributed by atoms with van der Waals surface area (Å²) in [6.07, 6.45) is 4.01. The van der Waals surface area contributed by atoms with Crippen molar-refractivity contribution < 1.29 is 9.18 Å². The van der Waals surface area contributed by atoms with Crippen molar-refractivity contribution in [1.29, 1.82) is 0 Å². The molecule has 0 spiro atoms. The standard InChI is InChI=1S/C20H21FN4O/c1-14(2)9-15-3-5-16(6-4-15)10-20(26)24-17-7-8-19(18(21)11-17)25-13-22-12-23-25/h3-8,11-14H,9-10H2,1-2H3,(H,24,26). The maximum absolute atomic E-state index is 14.2. The fourth-order valence-electron chi connectivity index (χ4n) is 2.76. The van der Waals surface area contributed by atoms with Crippen LogP contribution in [0.2, 0.25) is 0 Å². The Morgan fingerprint density at radius 1 is 1.15 bits per heavy atom. The molecule has 1 heterocycles. The lowest BCUT2D eigenvalue weighted by atomic mass is 10.0. The molecule has 0 bridgehead atoms. The van der Waals surface area contributed by atoms with Gasteiger partial charge >= 0.3 is 0 Å². The summed E-state index contributed by atoms with van der Waals surface area (Å²) in [6.45, 7) is 4.35. The van der Waals surface area contributed by atoms with Crippen LogP contribution in [0, 0.1) is 11.7 Å². The third kappa shape index (κ3) is 4.53. The highest BCUT2D eigenvalue weighted by Crippen LogP contribution is 2.18. The Kier molecular flexibility index (Phi) is 5.41. The van der Waals surface area contributed by atoms with Gasteiger partial charge in [-0.05, 0) is 41.7 Å². The van der Waals surface area contributed by atoms with Crippen LogP contribution in [0.5, 0.6) is 0 Å². The van der Waals surface area contributed by atoms with Crippen molar-refractivity contribution >= 4 is 11.6 Å². The van der Waals surface area contributed by atoms with Gasteiger partial charge in [-0.1, -0.05) is 38.1 Å². The van der Waals surface area contributed by atoms with E-state index in [0.717, 1.165) is 12.0 Å². The molecule has 0 saturated carbocycles. The van der Waals surface area contributed by atoms with Crippen molar-refractivity contribution in [2.45, 2.75) is 26.7 Å². The number of hydrogen-bond donors (Lipinski definition) is 1. The zero-order valence-electron chi connectivity index (χ0n) is 14.8. The molecule has 0 saturated heterocycles. The van der Waals surface area contributed by atoms with Gasteiger partial charge in [0.25, 0.3) is 0 Å². The monoisotopic (exact) mass is 352 g/mol. The minimum Gasteiger partial charge on any atom is -0.326 e. The number of benzene rings is 2. The molecule has 0 fully saturated rings. The van der Waals surface area contributed by atoms with Crippen LogP contribution in [-0.4, -0.2) is 20.7 Å². The zero-order valence-corrected chi connectivity index (χ0v) is 14.8. The average molecular weight is 352 g/mol. The average Bonchev–Trinajstić information content (AvgIpc) is 3.10. The van der Waals surface area contributed by atoms with Gasteiger partial charge in [-0.25, -0.2) is 14.1 Å². The van der Waals surface area contributed by atoms with E-state index in [1.165, 1.54) is 29.0 Å². The molecule has 0 radical (unpaired) electrons. The Morgan fingerprint density at radius 2 is 1.88 bits per heavy atom. The van der Waals surface area contributed by atoms with E-state index in [1.54, 1.807) is 12.1 Å². The van der Waals surface area contributed by atoms with Crippen LogP contribution >= 0.6 is 0 Å². The Labute approximate surface area is 151 Å². The molecule has 3 rings (SSSR count). The Hall–Kier alpha value is -3.02. The van der Waals surface area contributed by atoms with Gasteiger partial charge in [-0.3, -0.25) is 4.79 Å². The number of aromatic nitrogens is 3. The third-order valence-corrected chi connectivity index (χ3v) is 3.93. The summed E-state index contributed by atoms with van der Waals surface area (Å²) < 4.78 is 15.5. The number of nitrogens with one attached hydrogen (secondary N) is 1. The smallest absolute Gasteiger partial charge is 0.228 e. The molecule has 3 aromatic rings. The first-order valence-corrected chi connectivity index (χ1v) is 8.53. The normalized spacial score (nSPS) is 10.9. The van der Waals surface area contributed by atoms with Gasteiger partial charge in [0, 0.05) is 5.69 Å². The SMILES string of the molecule is CC(C)Cc1ccc(CC(=O)Nc2ccc(-n3cncn3)c(F)c2)cc1. The van der Waals surface area contributed by atoms with E-state index in [0.29, 0.717) is 11.6 Å². The van der Waals surface area contributed by atoms with Crippen LogP contribution in [0.3, 0.4) is 0 Å². The van der Waals surface area contributed by atoms with Crippen LogP contribution in [0.4, 0.5) is 10.1 Å². The van der Waals surface area contributed by atoms with Crippen molar-refractivity contribution in [3.05, 3.63) is 72.1 Å². The molecule has 5 nitrogen and oxygen atoms in total. The molecule has 1 N–H and O–H groups in total. The molecule has 1 aromatic heterocycles. The Balaban J connectivity index is 1.62. The first-order chi connectivity index (χ1) is 12.5. The molecule has 0 unspecified atom stereocenters. The molecule has 0 aliphatic heterocycles. The van der Waals surface area contributed by atoms with Gasteiger partial charge in [0.1, 0.15) is 18.3 Å². The number of halogens is 1. The van der Waals surface area contributed by atoms with Crippen molar-refractivity contribution in [2.75, 3.05) is 5.32 Å². The number of carbonyl (C=O) groups is 1. The number of amides is 1. The molecule has 0 aliphatic rings. The van der Waals surface area contributed by atoms with Crippen molar-refractivity contribution in [3.8, 4) is 5.69 Å². The lowest BCUT2D eigenvalue weighted by Gasteiger charge is -2.09. The maximum atomic E-state index is 14.2. The lowest BCUT2D eigenvalue weighted by Crippen LogP contribution is -2.14. The maximum Gasteiger partial charge on any atom is 0.228 e. The van der Waals surface area contributed by atoms with Crippen molar-refractivity contribution in [1.82, 2.24) is 14.8 Å². The summed E-state index contributed by atoms with van der Waals surface area (Å²) >= 11 is 0. The van der Waals surface area contributed by atoms with Gasteiger partial charge < -0.3 is 5.32 Å². The Morgan fingerprint density at radius 3 is 2.50 bits per heavy atom. The van der Waals surface area contributed by atoms with Crippen LogP contribution in [0.1, 0.15) is 25.0 Å². The minimum atomic E-state index is -0.480. The molecule has 0 atom stereocenters. The van der Waals surface area contributed by atoms with Crippen molar-refractivity contribution in [3.63, 3.8) is 0 Å². The summed E-state index contributed by atoms with van der Waals surface area (Å²) in [5, 5.41) is 6.62. The summed E-state index contributed by atoms with van der Waals surface area (Å²) in [4.78, 5) is 16.0. The number of carbonyl (C=O) groups excluding carboxylic acids is 1. The van der Waals surface area contributed by atoms with Gasteiger partial charge in [0.2, 0.25) is 5.91 Å². The number of rotatable bonds is 6. The molecule has 6 heteroatoms. The highest BCUT2D eigenvalue weighted by atomic mass is 19.1. The van der Waals surface area contributed by atoms with Gasteiger partial charge in [0.05, 0.1) is 6.42 Å². The molecular weight excluding hydrogens is 331 g/mol. The predicted molar refractivity (Wildman–Crippen MR) is 98.6 cm³/mol. The first-order valence-electron chi connectivity index (χ1n) is 8.53. The van der Waals surface area contributed by atoms with Crippen LogP contribution < -0.4 is 5.32 Å². The highest BCUT2D eigenvalue weighted by molar-refractivity contribution is 5.92. The van der Waals surface area contributed by atoms with E-state index >= 15 is 0 Å². The zero-order chi connectivity index (χ0) is 18.5. The molecule has 0 aliphatic carbocycles. The minimum absolute atomic E-state index is 0.186. The van der Waals surface area contributed by atoms with Crippen LogP contribution in [0.15, 0.2) is 55.1 Å². The van der Waals surface area contributed by atoms with Gasteiger partial charge in [-0.15, -0.1) is 0 Å². The third-order valence-electron chi connectivity index (χ3n) is 3.93. The predicted octanol–water partition coefficient (Wildman–Crippen LogP) is 3.79. The molecular formula is C20H21FN4O. The second-order valence-corrected chi connectivity index (χ2v) is 6.65. The lowest BCUT2D eigenvalue weighted by molar-refractivity contribution is -0.115. The second-order valence-electron chi connectivity index (χ2n) is 6.65. The van der Waals surface area contributed by atoms with E-state index in [9.17, 15) is 9.18 Å². The van der Waals surface area contributed by atoms with Gasteiger partial charge in [0.15, 0.2) is 5.82 Å². The van der Waals surface area contributed by atoms with E-state index in [1.807, 2.05) is 12.1 Å². The fraction of sp³-hybridized carbons (Fsp3) is 0.250. The van der Waals surface area contributed by atoms with Crippen LogP contribution in [-0.2, 0) is 17.6 Å². The fourth-order valence-corrected chi connectivity index (χ4v) is 2.76. The number of nitrogens with zero attached hydrogens (tertiary/aromatic N) is 3. The Bertz CT molecular complexity index is 873. The first kappa shape index (κ1) is 17.8. The van der Waals surface area contributed by atoms with E-state index < -0.39 is 5.82 Å². The van der Waals surface area contributed by atoms with Crippen molar-refractivity contribution in [2.24, 2.45) is 5.92 Å². The van der Waals surface area contributed by atoms with E-state index in [2.05, 4.69) is 41.4 Å². The van der Waals surface area contributed by atoms with Gasteiger partial charge in [-0.2, -0.15) is 5.10 Å². The number of anilines is 1. The molecule has 1 amide bonds. The summed E-state index contributed by atoms with van der Waals surface area (Å²) in [5.74, 6) is -0.0691. The second kappa shape index (κ2) is 7.91. The molecule has 26 heavy (non-hydrogen) atoms. The molecule has 2 aromatic carbocycles. The topological polar surface area (TPSA) is 59.8 Å². The largest absolute Gasteiger partial charge is 0.326 e. The summed E-state index contributed by atoms with van der Waals surface area (Å²) in [5.41, 5.74) is 2.87. The number of hydrogen-bond acceptors (Lipinski definition) is 3. The molecule has 134 valence electrons. The van der Waals surface area contributed by atoms with E-state index in [4.69, 9.17) is 0 Å².